The fraction of sp³-hybridized carbons (Fsp3) is 0.500. The summed E-state index contributed by atoms with van der Waals surface area (Å²) < 4.78 is 72.8. The predicted octanol–water partition coefficient (Wildman–Crippen LogP) is 5.26. The number of halogens is 2. The molecule has 316 valence electrons. The number of likely N-dealkylation sites (N-methyl/N-ethyl adjacent to an activating group) is 1. The number of benzene rings is 2. The third kappa shape index (κ3) is 8.70. The van der Waals surface area contributed by atoms with E-state index in [4.69, 9.17) is 14.2 Å². The van der Waals surface area contributed by atoms with Crippen LogP contribution < -0.4 is 24.8 Å². The summed E-state index contributed by atoms with van der Waals surface area (Å²) in [5, 5.41) is 6.19. The minimum atomic E-state index is -3.95. The highest BCUT2D eigenvalue weighted by Crippen LogP contribution is 2.48. The molecule has 4 amide bonds. The number of carbonyl (C=O) groups excluding carboxylic acids is 4. The van der Waals surface area contributed by atoms with E-state index < -0.39 is 92.0 Å². The van der Waals surface area contributed by atoms with Crippen molar-refractivity contribution in [2.75, 3.05) is 20.2 Å². The van der Waals surface area contributed by atoms with Crippen molar-refractivity contribution >= 4 is 44.6 Å². The average molecular weight is 838 g/mol. The second-order valence-corrected chi connectivity index (χ2v) is 18.3. The summed E-state index contributed by atoms with van der Waals surface area (Å²) in [6, 6.07) is 7.25. The van der Waals surface area contributed by atoms with Gasteiger partial charge in [0.15, 0.2) is 11.6 Å². The van der Waals surface area contributed by atoms with Crippen LogP contribution in [0, 0.1) is 29.4 Å². The number of nitrogens with zero attached hydrogens (tertiary/aromatic N) is 3. The van der Waals surface area contributed by atoms with Gasteiger partial charge in [0.2, 0.25) is 27.7 Å². The molecule has 17 heteroatoms. The molecule has 0 bridgehead atoms. The lowest BCUT2D eigenvalue weighted by Crippen LogP contribution is -2.59. The third-order valence-electron chi connectivity index (χ3n) is 11.7. The number of allylic oxidation sites excluding steroid dienone is 1. The fourth-order valence-electron chi connectivity index (χ4n) is 8.26. The number of carbonyl (C=O) groups is 4. The Labute approximate surface area is 341 Å². The highest BCUT2D eigenvalue weighted by atomic mass is 32.2. The van der Waals surface area contributed by atoms with Crippen LogP contribution in [0.1, 0.15) is 65.7 Å². The summed E-state index contributed by atoms with van der Waals surface area (Å²) in [5.74, 6) is -4.88. The summed E-state index contributed by atoms with van der Waals surface area (Å²) in [6.07, 6.45) is 6.03. The van der Waals surface area contributed by atoms with E-state index in [2.05, 4.69) is 15.6 Å². The van der Waals surface area contributed by atoms with Gasteiger partial charge in [-0.25, -0.2) is 31.3 Å². The van der Waals surface area contributed by atoms with E-state index in [0.717, 1.165) is 21.8 Å². The van der Waals surface area contributed by atoms with Crippen molar-refractivity contribution in [1.82, 2.24) is 24.8 Å². The van der Waals surface area contributed by atoms with Gasteiger partial charge in [0.1, 0.15) is 35.3 Å². The third-order valence-corrected chi connectivity index (χ3v) is 13.9. The largest absolute Gasteiger partial charge is 0.492 e. The minimum Gasteiger partial charge on any atom is -0.492 e. The maximum Gasteiger partial charge on any atom is 0.413 e. The van der Waals surface area contributed by atoms with Crippen molar-refractivity contribution in [3.05, 3.63) is 72.4 Å². The summed E-state index contributed by atoms with van der Waals surface area (Å²) in [7, 11) is -2.74. The van der Waals surface area contributed by atoms with Crippen LogP contribution in [0.4, 0.5) is 13.6 Å². The zero-order chi connectivity index (χ0) is 42.2. The lowest BCUT2D eigenvalue weighted by Gasteiger charge is -2.33. The summed E-state index contributed by atoms with van der Waals surface area (Å²) in [4.78, 5) is 62.8. The van der Waals surface area contributed by atoms with E-state index in [0.29, 0.717) is 55.9 Å². The Hall–Kier alpha value is -5.32. The molecule has 1 saturated heterocycles. The van der Waals surface area contributed by atoms with Crippen molar-refractivity contribution in [2.45, 2.75) is 94.7 Å². The predicted molar refractivity (Wildman–Crippen MR) is 212 cm³/mol. The Morgan fingerprint density at radius 3 is 2.51 bits per heavy atom. The standard InChI is InChI=1S/C42H49F2N5O9S/c1-5-56-35-22-45-38(31-13-9-8-12-30(31)35)57-28-20-33-37(50)47-42(40(52)48(4)59(54,55)29-15-16-29)21-26(42)11-7-6-10-24(2)18-25(3)36(39(51)49(33)23-28)46-41(53)58-34-17-14-27(43)19-32(34)44/h7-9,11-14,17,19,22,24-26,28-29,33,36H,5-6,10,15-16,18,20-21,23H2,1-4H3,(H,46,53)(H,47,50)/t24-,25-,26-,28-,33+,36+,42-/m1/s1. The highest BCUT2D eigenvalue weighted by molar-refractivity contribution is 7.90. The van der Waals surface area contributed by atoms with Crippen LogP contribution in [0.15, 0.2) is 60.8 Å². The number of nitrogens with one attached hydrogen (secondary N) is 2. The van der Waals surface area contributed by atoms with Crippen LogP contribution in [0.5, 0.6) is 17.4 Å². The van der Waals surface area contributed by atoms with Gasteiger partial charge in [-0.15, -0.1) is 0 Å². The topological polar surface area (TPSA) is 174 Å². The first-order chi connectivity index (χ1) is 28.1. The fourth-order valence-corrected chi connectivity index (χ4v) is 9.83. The molecule has 0 spiro atoms. The maximum absolute atomic E-state index is 14.9. The number of amides is 4. The first kappa shape index (κ1) is 41.8. The molecule has 2 aromatic carbocycles. The molecule has 0 radical (unpaired) electrons. The van der Waals surface area contributed by atoms with Gasteiger partial charge in [-0.3, -0.25) is 14.4 Å². The lowest BCUT2D eigenvalue weighted by molar-refractivity contribution is -0.142. The molecule has 0 unspecified atom stereocenters. The molecule has 14 nitrogen and oxygen atoms in total. The summed E-state index contributed by atoms with van der Waals surface area (Å²) >= 11 is 0. The zero-order valence-electron chi connectivity index (χ0n) is 33.4. The minimum absolute atomic E-state index is 0.0343. The highest BCUT2D eigenvalue weighted by Gasteiger charge is 2.63. The molecule has 1 aromatic heterocycles. The summed E-state index contributed by atoms with van der Waals surface area (Å²) in [5.41, 5.74) is -1.58. The number of hydrogen-bond acceptors (Lipinski definition) is 10. The molecule has 4 aliphatic rings. The van der Waals surface area contributed by atoms with Crippen molar-refractivity contribution in [3.63, 3.8) is 0 Å². The number of hydrogen-bond donors (Lipinski definition) is 2. The van der Waals surface area contributed by atoms with Gasteiger partial charge in [-0.05, 0) is 75.5 Å². The van der Waals surface area contributed by atoms with Gasteiger partial charge < -0.3 is 29.7 Å². The van der Waals surface area contributed by atoms with E-state index in [1.165, 1.54) is 18.1 Å². The van der Waals surface area contributed by atoms with E-state index in [1.54, 1.807) is 6.92 Å². The quantitative estimate of drug-likeness (QED) is 0.271. The molecule has 2 saturated carbocycles. The number of ether oxygens (including phenoxy) is 3. The van der Waals surface area contributed by atoms with Crippen LogP contribution in [0.25, 0.3) is 10.8 Å². The SMILES string of the molecule is CCOc1cnc(O[C@@H]2C[C@H]3C(=O)N[C@]4(C(=O)N(C)S(=O)(=O)C5CC5)C[C@H]4C=CCC[C@@H](C)C[C@@H](C)[C@H](NC(=O)Oc4ccc(F)cc4F)C(=O)N3C2)c2ccccc12. The smallest absolute Gasteiger partial charge is 0.413 e. The van der Waals surface area contributed by atoms with Gasteiger partial charge in [0.25, 0.3) is 5.91 Å². The first-order valence-corrected chi connectivity index (χ1v) is 21.5. The van der Waals surface area contributed by atoms with Crippen molar-refractivity contribution in [2.24, 2.45) is 17.8 Å². The van der Waals surface area contributed by atoms with Crippen LogP contribution in [0.2, 0.25) is 0 Å². The summed E-state index contributed by atoms with van der Waals surface area (Å²) in [6.45, 7) is 5.90. The molecular weight excluding hydrogens is 789 g/mol. The van der Waals surface area contributed by atoms with E-state index in [-0.39, 0.29) is 31.2 Å². The second-order valence-electron chi connectivity index (χ2n) is 16.1. The molecule has 59 heavy (non-hydrogen) atoms. The molecule has 3 heterocycles. The monoisotopic (exact) mass is 837 g/mol. The van der Waals surface area contributed by atoms with Crippen molar-refractivity contribution < 1.29 is 50.6 Å². The molecule has 3 aromatic rings. The van der Waals surface area contributed by atoms with Crippen LogP contribution in [-0.2, 0) is 24.4 Å². The van der Waals surface area contributed by atoms with E-state index >= 15 is 0 Å². The number of rotatable bonds is 9. The molecule has 3 fully saturated rings. The van der Waals surface area contributed by atoms with Crippen LogP contribution in [-0.4, -0.2) is 95.6 Å². The first-order valence-electron chi connectivity index (χ1n) is 20.0. The Morgan fingerprint density at radius 1 is 1.05 bits per heavy atom. The van der Waals surface area contributed by atoms with Gasteiger partial charge in [-0.2, -0.15) is 0 Å². The molecule has 2 aliphatic carbocycles. The van der Waals surface area contributed by atoms with Gasteiger partial charge >= 0.3 is 6.09 Å². The molecule has 2 N–H and O–H groups in total. The van der Waals surface area contributed by atoms with Crippen LogP contribution >= 0.6 is 0 Å². The van der Waals surface area contributed by atoms with Gasteiger partial charge in [0.05, 0.1) is 24.6 Å². The Balaban J connectivity index is 1.23. The molecule has 2 aliphatic heterocycles. The number of fused-ring (bicyclic) bond motifs is 3. The van der Waals surface area contributed by atoms with E-state index in [9.17, 15) is 36.4 Å². The lowest BCUT2D eigenvalue weighted by atomic mass is 9.88. The van der Waals surface area contributed by atoms with Crippen molar-refractivity contribution in [3.8, 4) is 17.4 Å². The zero-order valence-corrected chi connectivity index (χ0v) is 34.2. The second kappa shape index (κ2) is 16.7. The number of aromatic nitrogens is 1. The molecule has 7 rings (SSSR count). The van der Waals surface area contributed by atoms with Gasteiger partial charge in [-0.1, -0.05) is 44.2 Å². The normalized spacial score (nSPS) is 27.4. The molecular formula is C42H49F2N5O9S. The van der Waals surface area contributed by atoms with Crippen molar-refractivity contribution in [1.29, 1.82) is 0 Å². The van der Waals surface area contributed by atoms with Crippen LogP contribution in [0.3, 0.4) is 0 Å². The average Bonchev–Trinajstić information content (AvgIpc) is 4.13. The number of sulfonamides is 1. The van der Waals surface area contributed by atoms with Gasteiger partial charge in [0, 0.05) is 36.2 Å². The Kier molecular flexibility index (Phi) is 11.9. The Morgan fingerprint density at radius 2 is 1.80 bits per heavy atom. The number of pyridine rings is 1. The molecule has 7 atom stereocenters. The maximum atomic E-state index is 14.9. The Bertz CT molecular complexity index is 2270. The van der Waals surface area contributed by atoms with E-state index in [1.807, 2.05) is 50.3 Å².